The van der Waals surface area contributed by atoms with E-state index in [-0.39, 0.29) is 0 Å². The van der Waals surface area contributed by atoms with Crippen LogP contribution in [0.1, 0.15) is 39.0 Å². The number of ether oxygens (including phenoxy) is 1. The Balaban J connectivity index is 1.98. The molecule has 0 heterocycles. The van der Waals surface area contributed by atoms with Crippen LogP contribution in [0.3, 0.4) is 0 Å². The van der Waals surface area contributed by atoms with Gasteiger partial charge in [-0.25, -0.2) is 0 Å². The molecule has 1 N–H and O–H groups in total. The second-order valence-corrected chi connectivity index (χ2v) is 5.57. The van der Waals surface area contributed by atoms with E-state index in [0.717, 1.165) is 44.6 Å². The highest BCUT2D eigenvalue weighted by Gasteiger charge is 2.17. The summed E-state index contributed by atoms with van der Waals surface area (Å²) in [5, 5.41) is 3.70. The second kappa shape index (κ2) is 8.90. The zero-order chi connectivity index (χ0) is 12.5. The van der Waals surface area contributed by atoms with Gasteiger partial charge in [-0.3, -0.25) is 0 Å². The predicted molar refractivity (Wildman–Crippen MR) is 73.4 cm³/mol. The number of likely N-dealkylation sites (N-methyl/N-ethyl adjacent to an activating group) is 1. The largest absolute Gasteiger partial charge is 0.385 e. The van der Waals surface area contributed by atoms with Gasteiger partial charge in [-0.15, -0.1) is 0 Å². The van der Waals surface area contributed by atoms with Crippen LogP contribution in [0.25, 0.3) is 0 Å². The molecule has 2 unspecified atom stereocenters. The quantitative estimate of drug-likeness (QED) is 0.660. The average molecular weight is 242 g/mol. The molecule has 0 radical (unpaired) electrons. The fourth-order valence-corrected chi connectivity index (χ4v) is 2.67. The molecular weight excluding hydrogens is 212 g/mol. The maximum Gasteiger partial charge on any atom is 0.0474 e. The van der Waals surface area contributed by atoms with Crippen LogP contribution in [0.2, 0.25) is 0 Å². The van der Waals surface area contributed by atoms with Crippen molar-refractivity contribution in [2.75, 3.05) is 40.4 Å². The third-order valence-electron chi connectivity index (χ3n) is 3.75. The summed E-state index contributed by atoms with van der Waals surface area (Å²) in [7, 11) is 3.96. The van der Waals surface area contributed by atoms with E-state index in [4.69, 9.17) is 4.74 Å². The lowest BCUT2D eigenvalue weighted by Gasteiger charge is -2.28. The van der Waals surface area contributed by atoms with Gasteiger partial charge in [0.2, 0.25) is 0 Å². The van der Waals surface area contributed by atoms with Crippen molar-refractivity contribution >= 4 is 0 Å². The molecule has 0 amide bonds. The van der Waals surface area contributed by atoms with Gasteiger partial charge in [0, 0.05) is 39.4 Å². The summed E-state index contributed by atoms with van der Waals surface area (Å²) in [6, 6.07) is 0.770. The zero-order valence-corrected chi connectivity index (χ0v) is 11.9. The fraction of sp³-hybridized carbons (Fsp3) is 1.00. The van der Waals surface area contributed by atoms with Crippen molar-refractivity contribution in [1.29, 1.82) is 0 Å². The first kappa shape index (κ1) is 14.9. The highest BCUT2D eigenvalue weighted by molar-refractivity contribution is 4.76. The Morgan fingerprint density at radius 1 is 1.29 bits per heavy atom. The van der Waals surface area contributed by atoms with Crippen molar-refractivity contribution in [3.8, 4) is 0 Å². The van der Waals surface area contributed by atoms with E-state index in [2.05, 4.69) is 24.2 Å². The highest BCUT2D eigenvalue weighted by Crippen LogP contribution is 2.23. The third-order valence-corrected chi connectivity index (χ3v) is 3.75. The maximum absolute atomic E-state index is 5.06. The van der Waals surface area contributed by atoms with E-state index in [0.29, 0.717) is 0 Å². The van der Waals surface area contributed by atoms with E-state index in [1.165, 1.54) is 25.7 Å². The molecule has 0 saturated heterocycles. The number of hydrogen-bond donors (Lipinski definition) is 1. The molecule has 1 rings (SSSR count). The van der Waals surface area contributed by atoms with E-state index >= 15 is 0 Å². The van der Waals surface area contributed by atoms with Gasteiger partial charge >= 0.3 is 0 Å². The Kier molecular flexibility index (Phi) is 7.82. The molecule has 2 atom stereocenters. The molecule has 0 aromatic carbocycles. The second-order valence-electron chi connectivity index (χ2n) is 5.57. The molecule has 0 aliphatic heterocycles. The van der Waals surface area contributed by atoms with Crippen LogP contribution < -0.4 is 5.32 Å². The lowest BCUT2D eigenvalue weighted by Crippen LogP contribution is -2.38. The first-order valence-electron chi connectivity index (χ1n) is 7.13. The minimum absolute atomic E-state index is 0.770. The normalized spacial score (nSPS) is 25.4. The minimum atomic E-state index is 0.770. The summed E-state index contributed by atoms with van der Waals surface area (Å²) >= 11 is 0. The Hall–Kier alpha value is -0.120. The van der Waals surface area contributed by atoms with Crippen molar-refractivity contribution in [2.24, 2.45) is 5.92 Å². The maximum atomic E-state index is 5.06. The van der Waals surface area contributed by atoms with Crippen molar-refractivity contribution in [1.82, 2.24) is 10.2 Å². The van der Waals surface area contributed by atoms with Crippen molar-refractivity contribution < 1.29 is 4.74 Å². The Bertz CT molecular complexity index is 187. The van der Waals surface area contributed by atoms with Crippen LogP contribution in [0.4, 0.5) is 0 Å². The standard InChI is InChI=1S/C14H30N2O/c1-13-6-4-7-14(12-13)15-8-10-16(2)9-5-11-17-3/h13-15H,4-12H2,1-3H3. The molecule has 102 valence electrons. The Morgan fingerprint density at radius 3 is 2.82 bits per heavy atom. The van der Waals surface area contributed by atoms with Crippen LogP contribution in [0, 0.1) is 5.92 Å². The van der Waals surface area contributed by atoms with Gasteiger partial charge in [0.1, 0.15) is 0 Å². The van der Waals surface area contributed by atoms with E-state index in [1.807, 2.05) is 0 Å². The fourth-order valence-electron chi connectivity index (χ4n) is 2.67. The summed E-state index contributed by atoms with van der Waals surface area (Å²) in [6.07, 6.45) is 6.70. The van der Waals surface area contributed by atoms with E-state index in [9.17, 15) is 0 Å². The van der Waals surface area contributed by atoms with Crippen molar-refractivity contribution in [3.63, 3.8) is 0 Å². The number of hydrogen-bond acceptors (Lipinski definition) is 3. The Labute approximate surface area is 107 Å². The minimum Gasteiger partial charge on any atom is -0.385 e. The summed E-state index contributed by atoms with van der Waals surface area (Å²) < 4.78 is 5.06. The molecule has 1 saturated carbocycles. The lowest BCUT2D eigenvalue weighted by atomic mass is 9.87. The van der Waals surface area contributed by atoms with Gasteiger partial charge in [0.05, 0.1) is 0 Å². The molecule has 1 fully saturated rings. The molecule has 0 aromatic heterocycles. The van der Waals surface area contributed by atoms with Crippen LogP contribution in [-0.2, 0) is 4.74 Å². The first-order chi connectivity index (χ1) is 8.22. The van der Waals surface area contributed by atoms with Gasteiger partial charge in [-0.1, -0.05) is 19.8 Å². The number of methoxy groups -OCH3 is 1. The lowest BCUT2D eigenvalue weighted by molar-refractivity contribution is 0.178. The zero-order valence-electron chi connectivity index (χ0n) is 11.9. The monoisotopic (exact) mass is 242 g/mol. The SMILES string of the molecule is COCCCN(C)CCNC1CCCC(C)C1. The molecule has 1 aliphatic carbocycles. The summed E-state index contributed by atoms with van der Waals surface area (Å²) in [5.74, 6) is 0.917. The summed E-state index contributed by atoms with van der Waals surface area (Å²) in [4.78, 5) is 2.39. The van der Waals surface area contributed by atoms with Gasteiger partial charge in [0.15, 0.2) is 0 Å². The van der Waals surface area contributed by atoms with Gasteiger partial charge in [-0.05, 0) is 32.2 Å². The summed E-state index contributed by atoms with van der Waals surface area (Å²) in [5.41, 5.74) is 0. The third kappa shape index (κ3) is 7.02. The molecule has 0 bridgehead atoms. The first-order valence-corrected chi connectivity index (χ1v) is 7.13. The predicted octanol–water partition coefficient (Wildman–Crippen LogP) is 2.12. The van der Waals surface area contributed by atoms with Gasteiger partial charge in [-0.2, -0.15) is 0 Å². The smallest absolute Gasteiger partial charge is 0.0474 e. The molecule has 3 heteroatoms. The molecule has 17 heavy (non-hydrogen) atoms. The number of nitrogens with one attached hydrogen (secondary N) is 1. The molecular formula is C14H30N2O. The van der Waals surface area contributed by atoms with Gasteiger partial charge in [0.25, 0.3) is 0 Å². The van der Waals surface area contributed by atoms with Crippen molar-refractivity contribution in [2.45, 2.75) is 45.1 Å². The van der Waals surface area contributed by atoms with E-state index in [1.54, 1.807) is 7.11 Å². The summed E-state index contributed by atoms with van der Waals surface area (Å²) in [6.45, 7) is 6.66. The van der Waals surface area contributed by atoms with Crippen LogP contribution in [-0.4, -0.2) is 51.3 Å². The van der Waals surface area contributed by atoms with Crippen LogP contribution in [0.5, 0.6) is 0 Å². The number of nitrogens with zero attached hydrogens (tertiary/aromatic N) is 1. The molecule has 0 spiro atoms. The molecule has 0 aromatic rings. The topological polar surface area (TPSA) is 24.5 Å². The highest BCUT2D eigenvalue weighted by atomic mass is 16.5. The van der Waals surface area contributed by atoms with Gasteiger partial charge < -0.3 is 15.0 Å². The van der Waals surface area contributed by atoms with Crippen LogP contribution >= 0.6 is 0 Å². The Morgan fingerprint density at radius 2 is 2.12 bits per heavy atom. The number of rotatable bonds is 8. The van der Waals surface area contributed by atoms with E-state index < -0.39 is 0 Å². The van der Waals surface area contributed by atoms with Crippen LogP contribution in [0.15, 0.2) is 0 Å². The molecule has 1 aliphatic rings. The average Bonchev–Trinajstić information content (AvgIpc) is 2.29. The molecule has 3 nitrogen and oxygen atoms in total. The van der Waals surface area contributed by atoms with Crippen molar-refractivity contribution in [3.05, 3.63) is 0 Å².